The lowest BCUT2D eigenvalue weighted by atomic mass is 9.56. The maximum Gasteiger partial charge on any atom is 0.341 e. The molecule has 1 fully saturated rings. The van der Waals surface area contributed by atoms with Crippen molar-refractivity contribution in [3.63, 3.8) is 0 Å². The number of carbonyl (C=O) groups excluding carboxylic acids is 5. The second kappa shape index (κ2) is 14.6. The molecule has 0 saturated carbocycles. The molecule has 8 atom stereocenters. The number of nitrogens with one attached hydrogen (secondary N) is 1. The van der Waals surface area contributed by atoms with E-state index in [2.05, 4.69) is 5.32 Å². The van der Waals surface area contributed by atoms with Gasteiger partial charge >= 0.3 is 5.97 Å². The van der Waals surface area contributed by atoms with Gasteiger partial charge in [-0.15, -0.1) is 0 Å². The minimum absolute atomic E-state index is 0.0159. The number of aryl methyl sites for hydroxylation is 1. The first-order valence-corrected chi connectivity index (χ1v) is 18.0. The lowest BCUT2D eigenvalue weighted by Gasteiger charge is -2.53. The second-order valence-electron chi connectivity index (χ2n) is 14.5. The summed E-state index contributed by atoms with van der Waals surface area (Å²) in [4.78, 5) is 71.7. The molecular formula is C41H41NO15. The summed E-state index contributed by atoms with van der Waals surface area (Å²) in [7, 11) is 3.40. The van der Waals surface area contributed by atoms with E-state index in [-0.39, 0.29) is 23.4 Å². The largest absolute Gasteiger partial charge is 0.507 e. The number of rotatable bonds is 9. The van der Waals surface area contributed by atoms with Gasteiger partial charge in [0.1, 0.15) is 36.0 Å². The molecule has 1 unspecified atom stereocenters. The lowest BCUT2D eigenvalue weighted by Crippen LogP contribution is -2.73. The average molecular weight is 788 g/mol. The molecule has 6 N–H and O–H groups in total. The van der Waals surface area contributed by atoms with Gasteiger partial charge in [0.05, 0.1) is 54.8 Å². The SMILES string of the molecule is COC(=O)c1c(C)cc2c(c1O)[C@]1(O)C(=O)c3cc4c(c(OCc5ccccc5)c3C(=O)[C@]1(OC)[C@H](O)C2)C(=O)C=C(NC1O[C@@H](C)[C@H](OC)[C@@H](O)[C@H]1CO)C4=O. The number of Topliss-reactive ketones (excluding diaryl/α,β-unsaturated/α-hetero) is 3. The Morgan fingerprint density at radius 2 is 1.70 bits per heavy atom. The maximum atomic E-state index is 15.1. The fraction of sp³-hybridized carbons (Fsp3) is 0.390. The smallest absolute Gasteiger partial charge is 0.341 e. The Balaban J connectivity index is 1.44. The normalized spacial score (nSPS) is 29.1. The Morgan fingerprint density at radius 1 is 1.00 bits per heavy atom. The molecule has 7 rings (SSSR count). The number of allylic oxidation sites excluding steroid dienone is 2. The van der Waals surface area contributed by atoms with Gasteiger partial charge < -0.3 is 54.5 Å². The van der Waals surface area contributed by atoms with Crippen LogP contribution in [0.4, 0.5) is 0 Å². The number of benzene rings is 3. The van der Waals surface area contributed by atoms with Crippen molar-refractivity contribution in [1.82, 2.24) is 5.32 Å². The molecule has 4 aliphatic rings. The van der Waals surface area contributed by atoms with Gasteiger partial charge in [-0.3, -0.25) is 19.2 Å². The van der Waals surface area contributed by atoms with Crippen molar-refractivity contribution < 1.29 is 73.2 Å². The van der Waals surface area contributed by atoms with E-state index in [0.29, 0.717) is 5.56 Å². The zero-order valence-corrected chi connectivity index (χ0v) is 31.5. The summed E-state index contributed by atoms with van der Waals surface area (Å²) in [6.07, 6.45) is -5.44. The van der Waals surface area contributed by atoms with Crippen molar-refractivity contribution in [2.75, 3.05) is 27.9 Å². The first-order valence-electron chi connectivity index (χ1n) is 18.0. The van der Waals surface area contributed by atoms with Crippen molar-refractivity contribution in [3.05, 3.63) is 104 Å². The number of aromatic hydroxyl groups is 1. The van der Waals surface area contributed by atoms with Gasteiger partial charge in [-0.25, -0.2) is 4.79 Å². The summed E-state index contributed by atoms with van der Waals surface area (Å²) < 4.78 is 28.0. The highest BCUT2D eigenvalue weighted by atomic mass is 16.6. The van der Waals surface area contributed by atoms with Crippen LogP contribution in [0.3, 0.4) is 0 Å². The molecule has 0 spiro atoms. The monoisotopic (exact) mass is 787 g/mol. The Hall–Kier alpha value is -5.33. The first kappa shape index (κ1) is 39.9. The van der Waals surface area contributed by atoms with Crippen LogP contribution in [-0.4, -0.2) is 119 Å². The quantitative estimate of drug-likeness (QED) is 0.167. The molecule has 1 saturated heterocycles. The highest BCUT2D eigenvalue weighted by Crippen LogP contribution is 2.57. The fourth-order valence-electron chi connectivity index (χ4n) is 8.75. The standard InChI is InChI=1S/C41H41NO15/c1-17-11-20-12-26(45)41(55-5)37(50)29-22(36(49)40(41,52)30(20)33(48)27(17)39(51)54-4)13-21-28(35(29)56-16-19-9-7-6-8-10-19)25(44)14-24(31(21)46)42-38-23(15-43)32(47)34(53-3)18(2)57-38/h6-11,13-14,18,23,26,32,34,38,42-43,45,47-48,52H,12,15-16H2,1-5H3/t18-,23+,26+,32-,34-,38?,40-,41+/m0/s1. The van der Waals surface area contributed by atoms with Crippen molar-refractivity contribution in [2.24, 2.45) is 5.92 Å². The summed E-state index contributed by atoms with van der Waals surface area (Å²) >= 11 is 0. The predicted molar refractivity (Wildman–Crippen MR) is 195 cm³/mol. The fourth-order valence-corrected chi connectivity index (χ4v) is 8.75. The van der Waals surface area contributed by atoms with E-state index in [9.17, 15) is 39.9 Å². The maximum absolute atomic E-state index is 15.1. The number of hydrogen-bond donors (Lipinski definition) is 6. The van der Waals surface area contributed by atoms with Gasteiger partial charge in [0.25, 0.3) is 0 Å². The summed E-state index contributed by atoms with van der Waals surface area (Å²) in [5.74, 6) is -7.73. The molecule has 1 aliphatic heterocycles. The predicted octanol–water partition coefficient (Wildman–Crippen LogP) is 1.22. The van der Waals surface area contributed by atoms with E-state index >= 15 is 9.59 Å². The van der Waals surface area contributed by atoms with Gasteiger partial charge in [0, 0.05) is 43.4 Å². The van der Waals surface area contributed by atoms with Crippen molar-refractivity contribution in [2.45, 2.75) is 68.7 Å². The molecule has 0 bridgehead atoms. The van der Waals surface area contributed by atoms with Crippen LogP contribution in [0.1, 0.15) is 81.0 Å². The third-order valence-corrected chi connectivity index (χ3v) is 11.5. The van der Waals surface area contributed by atoms with E-state index in [1.54, 1.807) is 37.3 Å². The lowest BCUT2D eigenvalue weighted by molar-refractivity contribution is -0.214. The van der Waals surface area contributed by atoms with Gasteiger partial charge in [0.15, 0.2) is 17.0 Å². The van der Waals surface area contributed by atoms with Crippen LogP contribution < -0.4 is 10.1 Å². The number of phenolic OH excluding ortho intramolecular Hbond substituents is 1. The molecule has 57 heavy (non-hydrogen) atoms. The van der Waals surface area contributed by atoms with E-state index in [1.807, 2.05) is 0 Å². The minimum Gasteiger partial charge on any atom is -0.507 e. The number of aliphatic hydroxyl groups excluding tert-OH is 3. The number of aliphatic hydroxyl groups is 4. The highest BCUT2D eigenvalue weighted by molar-refractivity contribution is 6.31. The first-order chi connectivity index (χ1) is 27.1. The van der Waals surface area contributed by atoms with Crippen LogP contribution in [0.5, 0.6) is 11.5 Å². The topological polar surface area (TPSA) is 245 Å². The molecule has 3 aromatic rings. The van der Waals surface area contributed by atoms with Crippen LogP contribution in [-0.2, 0) is 37.6 Å². The molecule has 300 valence electrons. The molecule has 3 aromatic carbocycles. The van der Waals surface area contributed by atoms with E-state index in [1.165, 1.54) is 20.1 Å². The van der Waals surface area contributed by atoms with E-state index in [4.69, 9.17) is 23.7 Å². The van der Waals surface area contributed by atoms with Crippen molar-refractivity contribution in [1.29, 1.82) is 0 Å². The van der Waals surface area contributed by atoms with Crippen LogP contribution in [0, 0.1) is 12.8 Å². The zero-order valence-electron chi connectivity index (χ0n) is 31.5. The summed E-state index contributed by atoms with van der Waals surface area (Å²) in [5, 5.41) is 60.1. The minimum atomic E-state index is -3.22. The number of esters is 1. The zero-order chi connectivity index (χ0) is 41.3. The summed E-state index contributed by atoms with van der Waals surface area (Å²) in [6, 6.07) is 10.9. The molecule has 0 aromatic heterocycles. The molecule has 1 heterocycles. The highest BCUT2D eigenvalue weighted by Gasteiger charge is 2.73. The Kier molecular flexibility index (Phi) is 10.2. The van der Waals surface area contributed by atoms with Gasteiger partial charge in [-0.2, -0.15) is 0 Å². The third kappa shape index (κ3) is 5.66. The van der Waals surface area contributed by atoms with Gasteiger partial charge in [-0.1, -0.05) is 36.4 Å². The van der Waals surface area contributed by atoms with Gasteiger partial charge in [-0.05, 0) is 36.6 Å². The summed E-state index contributed by atoms with van der Waals surface area (Å²) in [6.45, 7) is 2.20. The second-order valence-corrected chi connectivity index (χ2v) is 14.5. The summed E-state index contributed by atoms with van der Waals surface area (Å²) in [5.41, 5.74) is -8.73. The third-order valence-electron chi connectivity index (χ3n) is 11.5. The van der Waals surface area contributed by atoms with Crippen molar-refractivity contribution >= 4 is 29.1 Å². The number of ether oxygens (including phenoxy) is 5. The molecule has 0 amide bonds. The Morgan fingerprint density at radius 3 is 2.33 bits per heavy atom. The number of phenols is 1. The van der Waals surface area contributed by atoms with Crippen LogP contribution in [0.25, 0.3) is 0 Å². The van der Waals surface area contributed by atoms with Crippen LogP contribution in [0.15, 0.2) is 54.2 Å². The van der Waals surface area contributed by atoms with Crippen LogP contribution >= 0.6 is 0 Å². The number of ketones is 4. The Labute approximate surface area is 325 Å². The molecule has 16 nitrogen and oxygen atoms in total. The van der Waals surface area contributed by atoms with E-state index in [0.717, 1.165) is 26.4 Å². The van der Waals surface area contributed by atoms with Crippen LogP contribution in [0.2, 0.25) is 0 Å². The molecule has 16 heteroatoms. The van der Waals surface area contributed by atoms with Gasteiger partial charge in [0.2, 0.25) is 17.3 Å². The van der Waals surface area contributed by atoms with E-state index < -0.39 is 135 Å². The number of carbonyl (C=O) groups is 5. The van der Waals surface area contributed by atoms with Crippen molar-refractivity contribution in [3.8, 4) is 11.5 Å². The number of hydrogen-bond acceptors (Lipinski definition) is 16. The molecule has 3 aliphatic carbocycles. The molecule has 0 radical (unpaired) electrons. The Bertz CT molecular complexity index is 2250. The number of methoxy groups -OCH3 is 3. The molecular weight excluding hydrogens is 746 g/mol. The average Bonchev–Trinajstić information content (AvgIpc) is 3.18. The number of fused-ring (bicyclic) bond motifs is 5.